The first-order valence-corrected chi connectivity index (χ1v) is 6.87. The normalized spacial score (nSPS) is 14.1. The third kappa shape index (κ3) is 2.94. The summed E-state index contributed by atoms with van der Waals surface area (Å²) >= 11 is 5.93. The number of nitrogens with zero attached hydrogens (tertiary/aromatic N) is 2. The van der Waals surface area contributed by atoms with Crippen LogP contribution >= 0.6 is 11.6 Å². The van der Waals surface area contributed by atoms with E-state index in [0.29, 0.717) is 22.5 Å². The number of ether oxygens (including phenoxy) is 1. The zero-order valence-corrected chi connectivity index (χ0v) is 12.5. The second-order valence-corrected chi connectivity index (χ2v) is 5.15. The predicted octanol–water partition coefficient (Wildman–Crippen LogP) is 3.44. The van der Waals surface area contributed by atoms with Crippen LogP contribution in [0.4, 0.5) is 0 Å². The van der Waals surface area contributed by atoms with Crippen LogP contribution in [0.25, 0.3) is 11.4 Å². The van der Waals surface area contributed by atoms with E-state index in [-0.39, 0.29) is 12.0 Å². The van der Waals surface area contributed by atoms with E-state index in [1.54, 1.807) is 25.3 Å². The summed E-state index contributed by atoms with van der Waals surface area (Å²) < 4.78 is 10.5. The van der Waals surface area contributed by atoms with Crippen molar-refractivity contribution in [1.29, 1.82) is 0 Å². The van der Waals surface area contributed by atoms with Gasteiger partial charge in [-0.1, -0.05) is 37.0 Å². The van der Waals surface area contributed by atoms with Crippen molar-refractivity contribution in [2.45, 2.75) is 26.3 Å². The minimum atomic E-state index is -0.264. The van der Waals surface area contributed by atoms with Gasteiger partial charge in [0.25, 0.3) is 0 Å². The molecule has 0 saturated carbocycles. The first-order valence-electron chi connectivity index (χ1n) is 6.49. The van der Waals surface area contributed by atoms with E-state index in [2.05, 4.69) is 24.0 Å². The summed E-state index contributed by atoms with van der Waals surface area (Å²) in [6.07, 6.45) is 0.948. The van der Waals surface area contributed by atoms with Crippen LogP contribution < -0.4 is 10.5 Å². The Labute approximate surface area is 123 Å². The Kier molecular flexibility index (Phi) is 4.62. The van der Waals surface area contributed by atoms with Gasteiger partial charge in [0.1, 0.15) is 5.75 Å². The van der Waals surface area contributed by atoms with Gasteiger partial charge in [0.2, 0.25) is 11.7 Å². The van der Waals surface area contributed by atoms with Gasteiger partial charge in [-0.15, -0.1) is 0 Å². The number of hydrogen-bond acceptors (Lipinski definition) is 5. The molecular weight excluding hydrogens is 278 g/mol. The molecule has 0 saturated heterocycles. The van der Waals surface area contributed by atoms with Crippen LogP contribution in [-0.2, 0) is 0 Å². The molecule has 0 fully saturated rings. The van der Waals surface area contributed by atoms with Gasteiger partial charge in [-0.3, -0.25) is 0 Å². The number of halogens is 1. The molecule has 0 aliphatic heterocycles. The first-order chi connectivity index (χ1) is 9.56. The summed E-state index contributed by atoms with van der Waals surface area (Å²) in [6, 6.07) is 5.00. The Hall–Kier alpha value is -1.59. The molecule has 0 aliphatic carbocycles. The smallest absolute Gasteiger partial charge is 0.244 e. The molecule has 20 heavy (non-hydrogen) atoms. The topological polar surface area (TPSA) is 74.2 Å². The number of methoxy groups -OCH3 is 1. The average molecular weight is 296 g/mol. The average Bonchev–Trinajstić information content (AvgIpc) is 2.94. The zero-order chi connectivity index (χ0) is 14.7. The van der Waals surface area contributed by atoms with E-state index in [1.807, 2.05) is 0 Å². The van der Waals surface area contributed by atoms with Crippen molar-refractivity contribution < 1.29 is 9.26 Å². The van der Waals surface area contributed by atoms with Gasteiger partial charge in [0.15, 0.2) is 0 Å². The first kappa shape index (κ1) is 14.8. The molecular formula is C14H18ClN3O2. The maximum Gasteiger partial charge on any atom is 0.244 e. The van der Waals surface area contributed by atoms with Crippen LogP contribution in [-0.4, -0.2) is 17.3 Å². The van der Waals surface area contributed by atoms with Crippen molar-refractivity contribution >= 4 is 11.6 Å². The summed E-state index contributed by atoms with van der Waals surface area (Å²) in [6.45, 7) is 4.13. The highest BCUT2D eigenvalue weighted by atomic mass is 35.5. The molecule has 2 rings (SSSR count). The molecule has 0 bridgehead atoms. The van der Waals surface area contributed by atoms with Crippen LogP contribution in [0.1, 0.15) is 32.2 Å². The van der Waals surface area contributed by atoms with E-state index in [0.717, 1.165) is 12.0 Å². The van der Waals surface area contributed by atoms with Crippen LogP contribution in [0.2, 0.25) is 5.02 Å². The highest BCUT2D eigenvalue weighted by Gasteiger charge is 2.21. The standard InChI is InChI=1S/C14H18ClN3O2/c1-4-8(2)12(16)14-17-13(18-20-14)10-6-5-9(15)7-11(10)19-3/h5-8,12H,4,16H2,1-3H3/t8-,12-/m0/s1. The maximum atomic E-state index is 6.09. The fraction of sp³-hybridized carbons (Fsp3) is 0.429. The summed E-state index contributed by atoms with van der Waals surface area (Å²) in [7, 11) is 1.57. The SMILES string of the molecule is CC[C@H](C)[C@H](N)c1nc(-c2ccc(Cl)cc2OC)no1. The number of hydrogen-bond donors (Lipinski definition) is 1. The van der Waals surface area contributed by atoms with Crippen LogP contribution in [0.15, 0.2) is 22.7 Å². The number of nitrogens with two attached hydrogens (primary N) is 1. The van der Waals surface area contributed by atoms with Crippen LogP contribution in [0, 0.1) is 5.92 Å². The molecule has 108 valence electrons. The number of aromatic nitrogens is 2. The number of rotatable bonds is 5. The van der Waals surface area contributed by atoms with E-state index >= 15 is 0 Å². The summed E-state index contributed by atoms with van der Waals surface area (Å²) in [5, 5.41) is 4.56. The van der Waals surface area contributed by atoms with Gasteiger partial charge in [-0.05, 0) is 24.1 Å². The van der Waals surface area contributed by atoms with Crippen molar-refractivity contribution in [2.24, 2.45) is 11.7 Å². The molecule has 1 aromatic heterocycles. The molecule has 5 nitrogen and oxygen atoms in total. The van der Waals surface area contributed by atoms with E-state index in [9.17, 15) is 0 Å². The highest BCUT2D eigenvalue weighted by molar-refractivity contribution is 6.30. The molecule has 2 atom stereocenters. The van der Waals surface area contributed by atoms with Crippen molar-refractivity contribution in [1.82, 2.24) is 10.1 Å². The summed E-state index contributed by atoms with van der Waals surface area (Å²) in [5.41, 5.74) is 6.81. The van der Waals surface area contributed by atoms with Gasteiger partial charge in [0.05, 0.1) is 18.7 Å². The molecule has 2 aromatic rings. The van der Waals surface area contributed by atoms with Crippen molar-refractivity contribution in [2.75, 3.05) is 7.11 Å². The minimum Gasteiger partial charge on any atom is -0.496 e. The lowest BCUT2D eigenvalue weighted by Gasteiger charge is -2.13. The quantitative estimate of drug-likeness (QED) is 0.914. The molecule has 0 amide bonds. The van der Waals surface area contributed by atoms with E-state index in [1.165, 1.54) is 0 Å². The van der Waals surface area contributed by atoms with Crippen molar-refractivity contribution in [3.63, 3.8) is 0 Å². The van der Waals surface area contributed by atoms with Gasteiger partial charge < -0.3 is 15.0 Å². The maximum absolute atomic E-state index is 6.09. The molecule has 1 aromatic carbocycles. The lowest BCUT2D eigenvalue weighted by molar-refractivity contribution is 0.312. The van der Waals surface area contributed by atoms with E-state index in [4.69, 9.17) is 26.6 Å². The monoisotopic (exact) mass is 295 g/mol. The summed E-state index contributed by atoms with van der Waals surface area (Å²) in [5.74, 6) is 1.76. The van der Waals surface area contributed by atoms with Crippen molar-refractivity contribution in [3.8, 4) is 17.1 Å². The van der Waals surface area contributed by atoms with Crippen molar-refractivity contribution in [3.05, 3.63) is 29.1 Å². The third-order valence-corrected chi connectivity index (χ3v) is 3.62. The molecule has 0 aliphatic rings. The van der Waals surface area contributed by atoms with E-state index < -0.39 is 0 Å². The second kappa shape index (κ2) is 6.24. The van der Waals surface area contributed by atoms with Crippen LogP contribution in [0.3, 0.4) is 0 Å². The largest absolute Gasteiger partial charge is 0.496 e. The lowest BCUT2D eigenvalue weighted by atomic mass is 10.0. The van der Waals surface area contributed by atoms with Crippen LogP contribution in [0.5, 0.6) is 5.75 Å². The highest BCUT2D eigenvalue weighted by Crippen LogP contribution is 2.31. The minimum absolute atomic E-state index is 0.264. The van der Waals surface area contributed by atoms with Gasteiger partial charge >= 0.3 is 0 Å². The summed E-state index contributed by atoms with van der Waals surface area (Å²) in [4.78, 5) is 4.36. The lowest BCUT2D eigenvalue weighted by Crippen LogP contribution is -2.18. The fourth-order valence-electron chi connectivity index (χ4n) is 1.83. The Bertz CT molecular complexity index is 586. The molecule has 0 radical (unpaired) electrons. The molecule has 0 spiro atoms. The molecule has 1 heterocycles. The third-order valence-electron chi connectivity index (χ3n) is 3.39. The zero-order valence-electron chi connectivity index (χ0n) is 11.8. The predicted molar refractivity (Wildman–Crippen MR) is 77.7 cm³/mol. The Morgan fingerprint density at radius 1 is 1.45 bits per heavy atom. The molecule has 6 heteroatoms. The van der Waals surface area contributed by atoms with Gasteiger partial charge in [-0.2, -0.15) is 4.98 Å². The molecule has 2 N–H and O–H groups in total. The Morgan fingerprint density at radius 3 is 2.85 bits per heavy atom. The second-order valence-electron chi connectivity index (χ2n) is 4.71. The fourth-order valence-corrected chi connectivity index (χ4v) is 1.99. The Morgan fingerprint density at radius 2 is 2.20 bits per heavy atom. The molecule has 0 unspecified atom stereocenters. The van der Waals surface area contributed by atoms with Gasteiger partial charge in [-0.25, -0.2) is 0 Å². The Balaban J connectivity index is 2.33. The van der Waals surface area contributed by atoms with Gasteiger partial charge in [0, 0.05) is 5.02 Å². The number of benzene rings is 1.